The molecular formula is C23H17N3O. The Bertz CT molecular complexity index is 1130. The summed E-state index contributed by atoms with van der Waals surface area (Å²) in [5.41, 5.74) is 4.38. The number of nitrogens with one attached hydrogen (secondary N) is 1. The van der Waals surface area contributed by atoms with Gasteiger partial charge in [0, 0.05) is 35.1 Å². The van der Waals surface area contributed by atoms with Crippen molar-refractivity contribution in [3.05, 3.63) is 107 Å². The third-order valence-corrected chi connectivity index (χ3v) is 4.57. The summed E-state index contributed by atoms with van der Waals surface area (Å²) in [4.78, 5) is 17.5. The Balaban J connectivity index is 1.83. The summed E-state index contributed by atoms with van der Waals surface area (Å²) in [6.45, 7) is 0.749. The number of benzene rings is 2. The van der Waals surface area contributed by atoms with Crippen LogP contribution in [-0.2, 0) is 0 Å². The van der Waals surface area contributed by atoms with Gasteiger partial charge in [-0.1, -0.05) is 48.6 Å². The Labute approximate surface area is 157 Å². The smallest absolute Gasteiger partial charge is 0.255 e. The highest BCUT2D eigenvalue weighted by Gasteiger charge is 2.17. The fraction of sp³-hybridized carbons (Fsp3) is 0.0435. The molecule has 3 aromatic rings. The maximum Gasteiger partial charge on any atom is 0.255 e. The molecule has 1 N–H and O–H groups in total. The van der Waals surface area contributed by atoms with Gasteiger partial charge in [-0.05, 0) is 30.3 Å². The first-order chi connectivity index (χ1) is 13.3. The number of aromatic nitrogens is 1. The van der Waals surface area contributed by atoms with Crippen LogP contribution in [0.3, 0.4) is 0 Å². The predicted molar refractivity (Wildman–Crippen MR) is 108 cm³/mol. The Kier molecular flexibility index (Phi) is 4.42. The number of nitriles is 1. The van der Waals surface area contributed by atoms with Gasteiger partial charge in [-0.15, -0.1) is 0 Å². The molecule has 27 heavy (non-hydrogen) atoms. The summed E-state index contributed by atoms with van der Waals surface area (Å²) < 4.78 is 0. The number of rotatable bonds is 3. The molecule has 0 amide bonds. The highest BCUT2D eigenvalue weighted by atomic mass is 16.1. The van der Waals surface area contributed by atoms with Crippen LogP contribution in [0.5, 0.6) is 0 Å². The monoisotopic (exact) mass is 351 g/mol. The van der Waals surface area contributed by atoms with Gasteiger partial charge < -0.3 is 9.88 Å². The molecule has 0 bridgehead atoms. The van der Waals surface area contributed by atoms with Gasteiger partial charge in [0.15, 0.2) is 0 Å². The van der Waals surface area contributed by atoms with Gasteiger partial charge in [0.25, 0.3) is 5.56 Å². The fourth-order valence-corrected chi connectivity index (χ4v) is 3.27. The van der Waals surface area contributed by atoms with Crippen molar-refractivity contribution in [1.29, 1.82) is 5.26 Å². The van der Waals surface area contributed by atoms with Crippen molar-refractivity contribution in [3.8, 4) is 17.2 Å². The van der Waals surface area contributed by atoms with Crippen LogP contribution in [0.25, 0.3) is 16.8 Å². The maximum absolute atomic E-state index is 12.5. The highest BCUT2D eigenvalue weighted by Crippen LogP contribution is 2.30. The summed E-state index contributed by atoms with van der Waals surface area (Å²) in [6.07, 6.45) is 7.86. The average molecular weight is 351 g/mol. The summed E-state index contributed by atoms with van der Waals surface area (Å²) in [6, 6.07) is 21.3. The zero-order valence-electron chi connectivity index (χ0n) is 14.6. The number of anilines is 1. The number of pyridine rings is 1. The number of aromatic amines is 1. The van der Waals surface area contributed by atoms with E-state index in [1.165, 1.54) is 0 Å². The second kappa shape index (κ2) is 7.19. The minimum absolute atomic E-state index is 0.209. The molecule has 0 fully saturated rings. The van der Waals surface area contributed by atoms with Crippen molar-refractivity contribution in [2.45, 2.75) is 0 Å². The van der Waals surface area contributed by atoms with Crippen molar-refractivity contribution in [3.63, 3.8) is 0 Å². The average Bonchev–Trinajstić information content (AvgIpc) is 2.75. The number of para-hydroxylation sites is 1. The van der Waals surface area contributed by atoms with Crippen LogP contribution >= 0.6 is 0 Å². The van der Waals surface area contributed by atoms with Crippen molar-refractivity contribution in [2.24, 2.45) is 0 Å². The molecule has 2 aromatic carbocycles. The van der Waals surface area contributed by atoms with E-state index in [2.05, 4.69) is 34.2 Å². The molecule has 4 rings (SSSR count). The minimum Gasteiger partial charge on any atom is -0.337 e. The van der Waals surface area contributed by atoms with Gasteiger partial charge >= 0.3 is 0 Å². The molecule has 1 aromatic heterocycles. The number of hydrogen-bond donors (Lipinski definition) is 1. The van der Waals surface area contributed by atoms with Crippen LogP contribution in [-0.4, -0.2) is 11.5 Å². The minimum atomic E-state index is -0.209. The lowest BCUT2D eigenvalue weighted by molar-refractivity contribution is 1.08. The maximum atomic E-state index is 12.5. The third-order valence-electron chi connectivity index (χ3n) is 4.57. The normalized spacial score (nSPS) is 13.1. The van der Waals surface area contributed by atoms with Gasteiger partial charge in [-0.3, -0.25) is 4.79 Å². The first-order valence-electron chi connectivity index (χ1n) is 8.70. The summed E-state index contributed by atoms with van der Waals surface area (Å²) in [5, 5.41) is 9.39. The van der Waals surface area contributed by atoms with E-state index in [0.29, 0.717) is 16.7 Å². The topological polar surface area (TPSA) is 59.9 Å². The van der Waals surface area contributed by atoms with Crippen molar-refractivity contribution >= 4 is 11.4 Å². The summed E-state index contributed by atoms with van der Waals surface area (Å²) in [5.74, 6) is 0. The van der Waals surface area contributed by atoms with Gasteiger partial charge in [-0.25, -0.2) is 0 Å². The van der Waals surface area contributed by atoms with E-state index in [-0.39, 0.29) is 5.56 Å². The van der Waals surface area contributed by atoms with Crippen LogP contribution in [0.2, 0.25) is 0 Å². The Hall–Kier alpha value is -3.84. The fourth-order valence-electron chi connectivity index (χ4n) is 3.27. The quantitative estimate of drug-likeness (QED) is 0.764. The van der Waals surface area contributed by atoms with E-state index in [1.54, 1.807) is 24.4 Å². The molecule has 2 heterocycles. The first-order valence-corrected chi connectivity index (χ1v) is 8.70. The molecule has 0 saturated carbocycles. The molecular weight excluding hydrogens is 334 g/mol. The molecule has 0 unspecified atom stereocenters. The number of nitrogens with zero attached hydrogens (tertiary/aromatic N) is 2. The van der Waals surface area contributed by atoms with Crippen molar-refractivity contribution < 1.29 is 0 Å². The molecule has 130 valence electrons. The van der Waals surface area contributed by atoms with Gasteiger partial charge in [0.2, 0.25) is 0 Å². The predicted octanol–water partition coefficient (Wildman–Crippen LogP) is 4.33. The molecule has 0 spiro atoms. The lowest BCUT2D eigenvalue weighted by Crippen LogP contribution is -2.24. The van der Waals surface area contributed by atoms with Crippen molar-refractivity contribution in [1.82, 2.24) is 4.98 Å². The van der Waals surface area contributed by atoms with Crippen LogP contribution in [0.4, 0.5) is 5.69 Å². The van der Waals surface area contributed by atoms with Crippen LogP contribution in [0, 0.1) is 11.3 Å². The molecule has 0 radical (unpaired) electrons. The number of H-pyrrole nitrogens is 1. The van der Waals surface area contributed by atoms with E-state index in [1.807, 2.05) is 42.5 Å². The number of hydrogen-bond acceptors (Lipinski definition) is 3. The van der Waals surface area contributed by atoms with Gasteiger partial charge in [-0.2, -0.15) is 5.26 Å². The lowest BCUT2D eigenvalue weighted by atomic mass is 9.99. The van der Waals surface area contributed by atoms with Crippen LogP contribution < -0.4 is 10.5 Å². The molecule has 4 heteroatoms. The van der Waals surface area contributed by atoms with E-state index in [4.69, 9.17) is 0 Å². The summed E-state index contributed by atoms with van der Waals surface area (Å²) in [7, 11) is 0. The van der Waals surface area contributed by atoms with E-state index < -0.39 is 0 Å². The highest BCUT2D eigenvalue weighted by molar-refractivity contribution is 5.83. The van der Waals surface area contributed by atoms with Gasteiger partial charge in [0.1, 0.15) is 0 Å². The second-order valence-electron chi connectivity index (χ2n) is 6.21. The van der Waals surface area contributed by atoms with Crippen LogP contribution in [0.1, 0.15) is 11.1 Å². The second-order valence-corrected chi connectivity index (χ2v) is 6.21. The molecule has 1 aliphatic rings. The van der Waals surface area contributed by atoms with Crippen molar-refractivity contribution in [2.75, 3.05) is 11.4 Å². The van der Waals surface area contributed by atoms with Gasteiger partial charge in [0.05, 0.1) is 17.3 Å². The zero-order chi connectivity index (χ0) is 18.6. The van der Waals surface area contributed by atoms with E-state index in [9.17, 15) is 10.1 Å². The Morgan fingerprint density at radius 1 is 1.00 bits per heavy atom. The molecule has 0 atom stereocenters. The van der Waals surface area contributed by atoms with E-state index in [0.717, 1.165) is 23.5 Å². The first kappa shape index (κ1) is 16.6. The molecule has 0 aliphatic carbocycles. The standard InChI is InChI=1S/C23H17N3O/c24-15-17-8-4-5-11-20(17)21-14-18(16-25-23(21)27)22-12-6-7-13-26(22)19-9-2-1-3-10-19/h1-12,14,16H,13H2,(H,25,27). The Morgan fingerprint density at radius 2 is 1.78 bits per heavy atom. The van der Waals surface area contributed by atoms with Crippen LogP contribution in [0.15, 0.2) is 89.9 Å². The molecule has 0 saturated heterocycles. The lowest BCUT2D eigenvalue weighted by Gasteiger charge is -2.28. The molecule has 1 aliphatic heterocycles. The number of allylic oxidation sites excluding steroid dienone is 2. The third kappa shape index (κ3) is 3.19. The van der Waals surface area contributed by atoms with E-state index >= 15 is 0 Å². The summed E-state index contributed by atoms with van der Waals surface area (Å²) >= 11 is 0. The largest absolute Gasteiger partial charge is 0.337 e. The SMILES string of the molecule is N#Cc1ccccc1-c1cc(C2=CC=CCN2c2ccccc2)c[nH]c1=O. The molecule has 4 nitrogen and oxygen atoms in total. The zero-order valence-corrected chi connectivity index (χ0v) is 14.6. The Morgan fingerprint density at radius 3 is 2.59 bits per heavy atom.